The highest BCUT2D eigenvalue weighted by Crippen LogP contribution is 2.20. The maximum atomic E-state index is 12.0. The summed E-state index contributed by atoms with van der Waals surface area (Å²) in [6, 6.07) is 19.2. The van der Waals surface area contributed by atoms with Gasteiger partial charge in [0.05, 0.1) is 17.9 Å². The number of benzene rings is 2. The van der Waals surface area contributed by atoms with Gasteiger partial charge < -0.3 is 20.1 Å². The highest BCUT2D eigenvalue weighted by Gasteiger charge is 2.12. The summed E-state index contributed by atoms with van der Waals surface area (Å²) in [5, 5.41) is 13.6. The molecule has 0 saturated carbocycles. The molecule has 2 aromatic carbocycles. The Kier molecular flexibility index (Phi) is 6.72. The lowest BCUT2D eigenvalue weighted by atomic mass is 10.2. The second-order valence-electron chi connectivity index (χ2n) is 5.84. The van der Waals surface area contributed by atoms with Gasteiger partial charge in [-0.25, -0.2) is 4.79 Å². The van der Waals surface area contributed by atoms with E-state index in [-0.39, 0.29) is 24.9 Å². The number of hydrogen-bond acceptors (Lipinski definition) is 7. The lowest BCUT2D eigenvalue weighted by Gasteiger charge is -2.11. The van der Waals surface area contributed by atoms with Crippen molar-refractivity contribution in [2.45, 2.75) is 6.92 Å². The van der Waals surface area contributed by atoms with Gasteiger partial charge in [-0.05, 0) is 43.3 Å². The zero-order valence-electron chi connectivity index (χ0n) is 15.8. The number of carbonyl (C=O) groups is 2. The molecule has 0 saturated heterocycles. The highest BCUT2D eigenvalue weighted by atomic mass is 16.5. The molecule has 1 heterocycles. The van der Waals surface area contributed by atoms with Crippen molar-refractivity contribution in [3.05, 3.63) is 72.3 Å². The van der Waals surface area contributed by atoms with Crippen molar-refractivity contribution in [1.82, 2.24) is 10.2 Å². The fourth-order valence-electron chi connectivity index (χ4n) is 2.43. The van der Waals surface area contributed by atoms with Crippen LogP contribution >= 0.6 is 0 Å². The van der Waals surface area contributed by atoms with E-state index in [1.807, 2.05) is 18.2 Å². The van der Waals surface area contributed by atoms with Crippen molar-refractivity contribution in [3.63, 3.8) is 0 Å². The normalized spacial score (nSPS) is 10.1. The molecule has 0 atom stereocenters. The smallest absolute Gasteiger partial charge is 0.340 e. The minimum atomic E-state index is -0.425. The summed E-state index contributed by atoms with van der Waals surface area (Å²) >= 11 is 0. The van der Waals surface area contributed by atoms with E-state index in [2.05, 4.69) is 20.8 Å². The van der Waals surface area contributed by atoms with E-state index in [1.54, 1.807) is 55.5 Å². The van der Waals surface area contributed by atoms with E-state index in [0.717, 1.165) is 0 Å². The lowest BCUT2D eigenvalue weighted by molar-refractivity contribution is -0.118. The van der Waals surface area contributed by atoms with Gasteiger partial charge in [0.15, 0.2) is 18.2 Å². The topological polar surface area (TPSA) is 102 Å². The second-order valence-corrected chi connectivity index (χ2v) is 5.84. The first kappa shape index (κ1) is 19.8. The molecule has 3 aromatic rings. The monoisotopic (exact) mass is 392 g/mol. The summed E-state index contributed by atoms with van der Waals surface area (Å²) in [6.45, 7) is 1.89. The van der Waals surface area contributed by atoms with Crippen LogP contribution in [-0.4, -0.2) is 35.3 Å². The van der Waals surface area contributed by atoms with Gasteiger partial charge >= 0.3 is 5.97 Å². The van der Waals surface area contributed by atoms with Crippen molar-refractivity contribution in [3.8, 4) is 5.75 Å². The van der Waals surface area contributed by atoms with Crippen LogP contribution < -0.4 is 15.4 Å². The Morgan fingerprint density at radius 1 is 0.897 bits per heavy atom. The number of carbonyl (C=O) groups excluding carboxylic acids is 2. The molecule has 0 aliphatic rings. The van der Waals surface area contributed by atoms with Gasteiger partial charge in [0, 0.05) is 0 Å². The predicted molar refractivity (Wildman–Crippen MR) is 108 cm³/mol. The maximum Gasteiger partial charge on any atom is 0.340 e. The predicted octanol–water partition coefficient (Wildman–Crippen LogP) is 3.41. The van der Waals surface area contributed by atoms with Crippen LogP contribution in [0.5, 0.6) is 5.75 Å². The van der Waals surface area contributed by atoms with E-state index < -0.39 is 5.97 Å². The molecule has 0 unspecified atom stereocenters. The number of anilines is 3. The Morgan fingerprint density at radius 2 is 1.59 bits per heavy atom. The van der Waals surface area contributed by atoms with Crippen molar-refractivity contribution in [1.29, 1.82) is 0 Å². The molecule has 0 radical (unpaired) electrons. The first-order chi connectivity index (χ1) is 14.2. The molecule has 3 rings (SSSR count). The molecule has 0 aliphatic heterocycles. The fraction of sp³-hybridized carbons (Fsp3) is 0.143. The average molecular weight is 392 g/mol. The zero-order valence-corrected chi connectivity index (χ0v) is 15.8. The van der Waals surface area contributed by atoms with E-state index >= 15 is 0 Å². The molecule has 0 bridgehead atoms. The van der Waals surface area contributed by atoms with E-state index in [4.69, 9.17) is 9.47 Å². The third-order valence-corrected chi connectivity index (χ3v) is 3.73. The summed E-state index contributed by atoms with van der Waals surface area (Å²) in [5.74, 6) is 0.534. The van der Waals surface area contributed by atoms with Gasteiger partial charge in [-0.3, -0.25) is 4.79 Å². The molecule has 148 valence electrons. The number of rotatable bonds is 8. The summed E-state index contributed by atoms with van der Waals surface area (Å²) in [7, 11) is 0. The van der Waals surface area contributed by atoms with E-state index in [1.165, 1.54) is 0 Å². The van der Waals surface area contributed by atoms with Gasteiger partial charge in [-0.2, -0.15) is 0 Å². The molecule has 0 spiro atoms. The van der Waals surface area contributed by atoms with Crippen LogP contribution in [0.2, 0.25) is 0 Å². The third-order valence-electron chi connectivity index (χ3n) is 3.73. The highest BCUT2D eigenvalue weighted by molar-refractivity contribution is 5.96. The molecular weight excluding hydrogens is 372 g/mol. The Bertz CT molecular complexity index is 962. The summed E-state index contributed by atoms with van der Waals surface area (Å²) in [6.07, 6.45) is 0. The van der Waals surface area contributed by atoms with Crippen molar-refractivity contribution < 1.29 is 19.1 Å². The van der Waals surface area contributed by atoms with Crippen LogP contribution in [0.15, 0.2) is 66.7 Å². The van der Waals surface area contributed by atoms with Gasteiger partial charge in [0.25, 0.3) is 5.91 Å². The Balaban J connectivity index is 1.58. The summed E-state index contributed by atoms with van der Waals surface area (Å²) < 4.78 is 10.4. The van der Waals surface area contributed by atoms with Gasteiger partial charge in [-0.1, -0.05) is 30.3 Å². The minimum Gasteiger partial charge on any atom is -0.484 e. The standard InChI is InChI=1S/C21H20N4O4/c1-2-28-21(27)16-10-6-7-11-17(16)22-18-12-13-19(25-24-18)23-20(26)14-29-15-8-4-3-5-9-15/h3-13H,2,14H2,1H3,(H,22,24)(H,23,25,26). The molecular formula is C21H20N4O4. The largest absolute Gasteiger partial charge is 0.484 e. The minimum absolute atomic E-state index is 0.140. The molecule has 1 amide bonds. The molecule has 2 N–H and O–H groups in total. The fourth-order valence-corrected chi connectivity index (χ4v) is 2.43. The first-order valence-electron chi connectivity index (χ1n) is 9.00. The second kappa shape index (κ2) is 9.84. The number of hydrogen-bond donors (Lipinski definition) is 2. The number of aromatic nitrogens is 2. The maximum absolute atomic E-state index is 12.0. The third kappa shape index (κ3) is 5.77. The van der Waals surface area contributed by atoms with Gasteiger partial charge in [0.1, 0.15) is 5.75 Å². The van der Waals surface area contributed by atoms with Crippen LogP contribution in [0.25, 0.3) is 0 Å². The Hall–Kier alpha value is -3.94. The Morgan fingerprint density at radius 3 is 2.31 bits per heavy atom. The van der Waals surface area contributed by atoms with Crippen molar-refractivity contribution >= 4 is 29.2 Å². The molecule has 29 heavy (non-hydrogen) atoms. The zero-order chi connectivity index (χ0) is 20.5. The SMILES string of the molecule is CCOC(=O)c1ccccc1Nc1ccc(NC(=O)COc2ccccc2)nn1. The number of amides is 1. The van der Waals surface area contributed by atoms with Crippen LogP contribution in [-0.2, 0) is 9.53 Å². The summed E-state index contributed by atoms with van der Waals surface area (Å²) in [5.41, 5.74) is 0.944. The summed E-state index contributed by atoms with van der Waals surface area (Å²) in [4.78, 5) is 24.0. The first-order valence-corrected chi connectivity index (χ1v) is 9.00. The quantitative estimate of drug-likeness (QED) is 0.566. The molecule has 8 heteroatoms. The number of para-hydroxylation sites is 2. The molecule has 0 fully saturated rings. The number of nitrogens with zero attached hydrogens (tertiary/aromatic N) is 2. The van der Waals surface area contributed by atoms with Crippen LogP contribution in [0.1, 0.15) is 17.3 Å². The number of nitrogens with one attached hydrogen (secondary N) is 2. The van der Waals surface area contributed by atoms with E-state index in [0.29, 0.717) is 22.8 Å². The molecule has 0 aliphatic carbocycles. The molecule has 1 aromatic heterocycles. The Labute approximate surface area is 167 Å². The number of esters is 1. The number of ether oxygens (including phenoxy) is 2. The average Bonchev–Trinajstić information content (AvgIpc) is 2.75. The van der Waals surface area contributed by atoms with Crippen LogP contribution in [0.3, 0.4) is 0 Å². The molecule has 8 nitrogen and oxygen atoms in total. The van der Waals surface area contributed by atoms with Crippen molar-refractivity contribution in [2.75, 3.05) is 23.8 Å². The lowest BCUT2D eigenvalue weighted by Crippen LogP contribution is -2.21. The van der Waals surface area contributed by atoms with Gasteiger partial charge in [-0.15, -0.1) is 10.2 Å². The van der Waals surface area contributed by atoms with Gasteiger partial charge in [0.2, 0.25) is 0 Å². The van der Waals surface area contributed by atoms with Crippen LogP contribution in [0, 0.1) is 0 Å². The van der Waals surface area contributed by atoms with Crippen LogP contribution in [0.4, 0.5) is 17.3 Å². The van der Waals surface area contributed by atoms with E-state index in [9.17, 15) is 9.59 Å². The van der Waals surface area contributed by atoms with Crippen molar-refractivity contribution in [2.24, 2.45) is 0 Å².